The van der Waals surface area contributed by atoms with Gasteiger partial charge in [-0.2, -0.15) is 0 Å². The van der Waals surface area contributed by atoms with Gasteiger partial charge in [-0.25, -0.2) is 0 Å². The molecule has 2 aliphatic rings. The third kappa shape index (κ3) is 4.70. The largest absolute Gasteiger partial charge is 0.345 e. The van der Waals surface area contributed by atoms with E-state index in [4.69, 9.17) is 0 Å². The molecule has 0 bridgehead atoms. The number of fused-ring (bicyclic) bond motifs is 1. The Hall–Kier alpha value is -1.10. The van der Waals surface area contributed by atoms with Gasteiger partial charge in [0.2, 0.25) is 11.8 Å². The van der Waals surface area contributed by atoms with Gasteiger partial charge >= 0.3 is 0 Å². The predicted octanol–water partition coefficient (Wildman–Crippen LogP) is 1.91. The number of carbonyl (C=O) groups is 2. The van der Waals surface area contributed by atoms with Crippen LogP contribution in [0.15, 0.2) is 0 Å². The molecule has 5 nitrogen and oxygen atoms in total. The van der Waals surface area contributed by atoms with Gasteiger partial charge in [-0.15, -0.1) is 0 Å². The summed E-state index contributed by atoms with van der Waals surface area (Å²) in [5.41, 5.74) is 0. The monoisotopic (exact) mass is 311 g/mol. The number of carbonyl (C=O) groups excluding carboxylic acids is 2. The predicted molar refractivity (Wildman–Crippen MR) is 89.5 cm³/mol. The Morgan fingerprint density at radius 2 is 1.95 bits per heavy atom. The van der Waals surface area contributed by atoms with Crippen molar-refractivity contribution in [2.75, 3.05) is 6.54 Å². The molecule has 0 aromatic rings. The van der Waals surface area contributed by atoms with Crippen LogP contribution in [0, 0.1) is 5.92 Å². The molecule has 2 amide bonds. The zero-order valence-electron chi connectivity index (χ0n) is 15.0. The molecule has 0 aliphatic carbocycles. The first-order valence-corrected chi connectivity index (χ1v) is 8.72. The molecule has 2 heterocycles. The number of nitrogens with zero attached hydrogens (tertiary/aromatic N) is 1. The molecule has 2 aliphatic heterocycles. The van der Waals surface area contributed by atoms with E-state index < -0.39 is 0 Å². The summed E-state index contributed by atoms with van der Waals surface area (Å²) in [6, 6.07) is 0.846. The summed E-state index contributed by atoms with van der Waals surface area (Å²) in [4.78, 5) is 26.1. The van der Waals surface area contributed by atoms with Crippen LogP contribution in [0.3, 0.4) is 0 Å². The number of nitrogens with one attached hydrogen (secondary N) is 2. The van der Waals surface area contributed by atoms with Gasteiger partial charge in [-0.3, -0.25) is 9.59 Å². The molecule has 4 unspecified atom stereocenters. The molecule has 0 aromatic heterocycles. The lowest BCUT2D eigenvalue weighted by molar-refractivity contribution is -0.137. The lowest BCUT2D eigenvalue weighted by Crippen LogP contribution is -2.50. The molecule has 2 saturated heterocycles. The highest BCUT2D eigenvalue weighted by Crippen LogP contribution is 2.29. The molecule has 128 valence electrons. The van der Waals surface area contributed by atoms with Crippen LogP contribution in [0.5, 0.6) is 0 Å². The van der Waals surface area contributed by atoms with Gasteiger partial charge in [-0.05, 0) is 32.1 Å². The summed E-state index contributed by atoms with van der Waals surface area (Å²) in [5.74, 6) is 0.352. The average Bonchev–Trinajstić information content (AvgIpc) is 2.97. The van der Waals surface area contributed by atoms with Crippen LogP contribution in [0.2, 0.25) is 0 Å². The molecule has 0 saturated carbocycles. The lowest BCUT2D eigenvalue weighted by Gasteiger charge is -2.29. The van der Waals surface area contributed by atoms with Gasteiger partial charge in [0.1, 0.15) is 6.04 Å². The van der Waals surface area contributed by atoms with Crippen molar-refractivity contribution in [2.24, 2.45) is 5.92 Å². The molecular weight excluding hydrogens is 278 g/mol. The van der Waals surface area contributed by atoms with E-state index in [1.54, 1.807) is 0 Å². The number of hydrogen-bond acceptors (Lipinski definition) is 3. The smallest absolute Gasteiger partial charge is 0.245 e. The van der Waals surface area contributed by atoms with E-state index in [9.17, 15) is 9.59 Å². The Balaban J connectivity index is 0.00000116. The summed E-state index contributed by atoms with van der Waals surface area (Å²) < 4.78 is 0. The maximum absolute atomic E-state index is 12.7. The molecule has 0 aromatic carbocycles. The van der Waals surface area contributed by atoms with Gasteiger partial charge in [0.05, 0.1) is 0 Å². The van der Waals surface area contributed by atoms with Crippen molar-refractivity contribution in [3.8, 4) is 0 Å². The second-order valence-electron chi connectivity index (χ2n) is 6.68. The summed E-state index contributed by atoms with van der Waals surface area (Å²) >= 11 is 0. The van der Waals surface area contributed by atoms with Gasteiger partial charge < -0.3 is 15.5 Å². The average molecular weight is 311 g/mol. The van der Waals surface area contributed by atoms with Crippen LogP contribution < -0.4 is 10.6 Å². The van der Waals surface area contributed by atoms with E-state index >= 15 is 0 Å². The van der Waals surface area contributed by atoms with E-state index in [1.807, 2.05) is 18.7 Å². The van der Waals surface area contributed by atoms with Gasteiger partial charge in [0, 0.05) is 31.6 Å². The standard InChI is InChI=1S/C15H27N3O2.C2H6/c1-9(2)7-13(17-11(4)19)15(20)18-6-5-12-14(18)8-10(3)16-12;1-2/h9-10,12-14,16H,5-8H2,1-4H3,(H,17,19);1-2H3. The van der Waals surface area contributed by atoms with Crippen molar-refractivity contribution in [2.45, 2.75) is 85.0 Å². The van der Waals surface area contributed by atoms with Crippen LogP contribution >= 0.6 is 0 Å². The van der Waals surface area contributed by atoms with E-state index in [0.717, 1.165) is 19.4 Å². The van der Waals surface area contributed by atoms with E-state index in [0.29, 0.717) is 30.5 Å². The maximum atomic E-state index is 12.7. The maximum Gasteiger partial charge on any atom is 0.245 e. The van der Waals surface area contributed by atoms with E-state index in [1.165, 1.54) is 6.92 Å². The minimum absolute atomic E-state index is 0.0947. The minimum Gasteiger partial charge on any atom is -0.345 e. The Morgan fingerprint density at radius 1 is 1.32 bits per heavy atom. The van der Waals surface area contributed by atoms with Crippen LogP contribution in [0.1, 0.15) is 60.8 Å². The Morgan fingerprint density at radius 3 is 2.50 bits per heavy atom. The third-order valence-electron chi connectivity index (χ3n) is 4.31. The van der Waals surface area contributed by atoms with Crippen molar-refractivity contribution < 1.29 is 9.59 Å². The molecule has 2 fully saturated rings. The molecule has 2 rings (SSSR count). The Labute approximate surface area is 135 Å². The number of likely N-dealkylation sites (tertiary alicyclic amines) is 1. The molecule has 5 heteroatoms. The Bertz CT molecular complexity index is 384. The van der Waals surface area contributed by atoms with Gasteiger partial charge in [-0.1, -0.05) is 27.7 Å². The first kappa shape index (κ1) is 18.9. The lowest BCUT2D eigenvalue weighted by atomic mass is 10.0. The first-order chi connectivity index (χ1) is 10.4. The highest BCUT2D eigenvalue weighted by atomic mass is 16.2. The van der Waals surface area contributed by atoms with Crippen LogP contribution in [0.25, 0.3) is 0 Å². The van der Waals surface area contributed by atoms with Gasteiger partial charge in [0.15, 0.2) is 0 Å². The minimum atomic E-state index is -0.373. The van der Waals surface area contributed by atoms with Crippen molar-refractivity contribution in [1.82, 2.24) is 15.5 Å². The molecular formula is C17H33N3O2. The fourth-order valence-corrected chi connectivity index (χ4v) is 3.55. The number of amides is 2. The van der Waals surface area contributed by atoms with Gasteiger partial charge in [0.25, 0.3) is 0 Å². The van der Waals surface area contributed by atoms with Crippen molar-refractivity contribution in [1.29, 1.82) is 0 Å². The quantitative estimate of drug-likeness (QED) is 0.834. The fraction of sp³-hybridized carbons (Fsp3) is 0.882. The molecule has 0 spiro atoms. The van der Waals surface area contributed by atoms with Crippen LogP contribution in [-0.2, 0) is 9.59 Å². The summed E-state index contributed by atoms with van der Waals surface area (Å²) in [6.07, 6.45) is 2.75. The topological polar surface area (TPSA) is 61.4 Å². The molecule has 22 heavy (non-hydrogen) atoms. The normalized spacial score (nSPS) is 28.0. The van der Waals surface area contributed by atoms with Crippen molar-refractivity contribution in [3.63, 3.8) is 0 Å². The highest BCUT2D eigenvalue weighted by Gasteiger charge is 2.43. The second kappa shape index (κ2) is 8.51. The SMILES string of the molecule is CC.CC(=O)NC(CC(C)C)C(=O)N1CCC2NC(C)CC21. The molecule has 2 N–H and O–H groups in total. The van der Waals surface area contributed by atoms with Crippen LogP contribution in [0.4, 0.5) is 0 Å². The zero-order valence-corrected chi connectivity index (χ0v) is 15.0. The van der Waals surface area contributed by atoms with E-state index in [2.05, 4.69) is 31.4 Å². The zero-order chi connectivity index (χ0) is 16.9. The van der Waals surface area contributed by atoms with Crippen molar-refractivity contribution in [3.05, 3.63) is 0 Å². The second-order valence-corrected chi connectivity index (χ2v) is 6.68. The summed E-state index contributed by atoms with van der Waals surface area (Å²) in [7, 11) is 0. The van der Waals surface area contributed by atoms with Crippen LogP contribution in [-0.4, -0.2) is 47.4 Å². The fourth-order valence-electron chi connectivity index (χ4n) is 3.55. The van der Waals surface area contributed by atoms with Crippen molar-refractivity contribution >= 4 is 11.8 Å². The van der Waals surface area contributed by atoms with E-state index in [-0.39, 0.29) is 17.9 Å². The Kier molecular flexibility index (Phi) is 7.33. The first-order valence-electron chi connectivity index (χ1n) is 8.72. The highest BCUT2D eigenvalue weighted by molar-refractivity contribution is 5.87. The molecule has 4 atom stereocenters. The molecule has 0 radical (unpaired) electrons. The third-order valence-corrected chi connectivity index (χ3v) is 4.31. The number of rotatable bonds is 4. The summed E-state index contributed by atoms with van der Waals surface area (Å²) in [5, 5.41) is 6.37. The number of hydrogen-bond donors (Lipinski definition) is 2. The summed E-state index contributed by atoms with van der Waals surface area (Å²) in [6.45, 7) is 12.6.